The second kappa shape index (κ2) is 6.41. The van der Waals surface area contributed by atoms with Crippen molar-refractivity contribution in [2.75, 3.05) is 13.7 Å². The first-order valence-electron chi connectivity index (χ1n) is 6.55. The maximum Gasteiger partial charge on any atom is 0.326 e. The second-order valence-electron chi connectivity index (χ2n) is 4.84. The molecule has 2 N–H and O–H groups in total. The van der Waals surface area contributed by atoms with E-state index in [0.717, 1.165) is 5.56 Å². The minimum atomic E-state index is -1.10. The number of rotatable bonds is 4. The van der Waals surface area contributed by atoms with Gasteiger partial charge in [-0.2, -0.15) is 0 Å². The molecule has 6 nitrogen and oxygen atoms in total. The highest BCUT2D eigenvalue weighted by Crippen LogP contribution is 2.19. The van der Waals surface area contributed by atoms with Crippen LogP contribution in [0.2, 0.25) is 0 Å². The summed E-state index contributed by atoms with van der Waals surface area (Å²) in [6.45, 7) is 0.0444. The van der Waals surface area contributed by atoms with Crippen LogP contribution in [0.5, 0.6) is 5.75 Å². The van der Waals surface area contributed by atoms with E-state index in [1.807, 2.05) is 0 Å². The molecule has 1 fully saturated rings. The van der Waals surface area contributed by atoms with Gasteiger partial charge < -0.3 is 19.8 Å². The lowest BCUT2D eigenvalue weighted by Gasteiger charge is -2.19. The van der Waals surface area contributed by atoms with E-state index >= 15 is 0 Å². The molecule has 1 amide bonds. The lowest BCUT2D eigenvalue weighted by atomic mass is 10.2. The summed E-state index contributed by atoms with van der Waals surface area (Å²) < 4.78 is 5.04. The van der Waals surface area contributed by atoms with Gasteiger partial charge in [-0.1, -0.05) is 12.1 Å². The number of nitrogens with zero attached hydrogens (tertiary/aromatic N) is 1. The molecule has 1 saturated heterocycles. The van der Waals surface area contributed by atoms with Crippen LogP contribution >= 0.6 is 0 Å². The highest BCUT2D eigenvalue weighted by Gasteiger charge is 2.37. The van der Waals surface area contributed by atoms with Gasteiger partial charge in [-0.25, -0.2) is 4.79 Å². The number of likely N-dealkylation sites (tertiary alicyclic amines) is 1. The van der Waals surface area contributed by atoms with E-state index < -0.39 is 24.0 Å². The van der Waals surface area contributed by atoms with Gasteiger partial charge in [-0.05, 0) is 23.8 Å². The van der Waals surface area contributed by atoms with Gasteiger partial charge in [0.2, 0.25) is 5.91 Å². The van der Waals surface area contributed by atoms with Crippen LogP contribution in [0.25, 0.3) is 6.08 Å². The summed E-state index contributed by atoms with van der Waals surface area (Å²) in [6, 6.07) is 6.15. The quantitative estimate of drug-likeness (QED) is 0.800. The van der Waals surface area contributed by atoms with Gasteiger partial charge in [0.1, 0.15) is 11.8 Å². The Hall–Kier alpha value is -2.34. The van der Waals surface area contributed by atoms with E-state index in [1.165, 1.54) is 11.0 Å². The van der Waals surface area contributed by atoms with Crippen molar-refractivity contribution in [3.63, 3.8) is 0 Å². The van der Waals surface area contributed by atoms with Crippen LogP contribution in [0.3, 0.4) is 0 Å². The maximum absolute atomic E-state index is 12.0. The zero-order chi connectivity index (χ0) is 15.4. The number of ether oxygens (including phenoxy) is 1. The van der Waals surface area contributed by atoms with Gasteiger partial charge in [0.15, 0.2) is 0 Å². The molecule has 112 valence electrons. The smallest absolute Gasteiger partial charge is 0.326 e. The first kappa shape index (κ1) is 15.1. The van der Waals surface area contributed by atoms with Crippen LogP contribution in [-0.4, -0.2) is 52.8 Å². The number of carbonyl (C=O) groups excluding carboxylic acids is 1. The minimum Gasteiger partial charge on any atom is -0.497 e. The number of hydrogen-bond acceptors (Lipinski definition) is 4. The third kappa shape index (κ3) is 3.61. The number of carboxylic acids is 1. The number of aliphatic hydroxyl groups excluding tert-OH is 1. The number of benzene rings is 1. The summed E-state index contributed by atoms with van der Waals surface area (Å²) in [5.74, 6) is -0.806. The van der Waals surface area contributed by atoms with Crippen LogP contribution in [0, 0.1) is 0 Å². The van der Waals surface area contributed by atoms with Crippen LogP contribution in [0.4, 0.5) is 0 Å². The number of aliphatic hydroxyl groups is 1. The van der Waals surface area contributed by atoms with Gasteiger partial charge in [0.25, 0.3) is 0 Å². The molecule has 2 atom stereocenters. The molecule has 0 bridgehead atoms. The fraction of sp³-hybridized carbons (Fsp3) is 0.333. The van der Waals surface area contributed by atoms with Crippen molar-refractivity contribution in [2.24, 2.45) is 0 Å². The Balaban J connectivity index is 2.05. The number of β-amino-alcohol motifs (C(OH)–C–C–N with tert-alkyl or cyclic N) is 1. The summed E-state index contributed by atoms with van der Waals surface area (Å²) >= 11 is 0. The number of carboxylic acid groups (broad SMARTS) is 1. The molecule has 1 aromatic rings. The monoisotopic (exact) mass is 291 g/mol. The first-order chi connectivity index (χ1) is 10.0. The summed E-state index contributed by atoms with van der Waals surface area (Å²) in [4.78, 5) is 24.3. The second-order valence-corrected chi connectivity index (χ2v) is 4.84. The van der Waals surface area contributed by atoms with Crippen molar-refractivity contribution < 1.29 is 24.5 Å². The van der Waals surface area contributed by atoms with Gasteiger partial charge in [0, 0.05) is 19.0 Å². The fourth-order valence-corrected chi connectivity index (χ4v) is 2.27. The number of carbonyl (C=O) groups is 2. The minimum absolute atomic E-state index is 0.0444. The topological polar surface area (TPSA) is 87.1 Å². The zero-order valence-corrected chi connectivity index (χ0v) is 11.6. The summed E-state index contributed by atoms with van der Waals surface area (Å²) in [5, 5.41) is 18.6. The van der Waals surface area contributed by atoms with E-state index in [1.54, 1.807) is 37.5 Å². The molecule has 0 aromatic heterocycles. The molecule has 21 heavy (non-hydrogen) atoms. The van der Waals surface area contributed by atoms with E-state index in [0.29, 0.717) is 5.75 Å². The molecule has 0 aliphatic carbocycles. The van der Waals surface area contributed by atoms with E-state index in [4.69, 9.17) is 9.84 Å². The molecule has 1 aromatic carbocycles. The molecular formula is C15H17NO5. The predicted molar refractivity (Wildman–Crippen MR) is 75.8 cm³/mol. The predicted octanol–water partition coefficient (Wildman–Crippen LogP) is 0.755. The highest BCUT2D eigenvalue weighted by molar-refractivity contribution is 5.94. The van der Waals surface area contributed by atoms with Gasteiger partial charge in [-0.3, -0.25) is 4.79 Å². The average Bonchev–Trinajstić information content (AvgIpc) is 2.87. The Labute approximate surface area is 122 Å². The Kier molecular flexibility index (Phi) is 4.59. The molecular weight excluding hydrogens is 274 g/mol. The van der Waals surface area contributed by atoms with Crippen molar-refractivity contribution >= 4 is 18.0 Å². The lowest BCUT2D eigenvalue weighted by molar-refractivity contribution is -0.146. The van der Waals surface area contributed by atoms with Crippen molar-refractivity contribution in [3.8, 4) is 5.75 Å². The van der Waals surface area contributed by atoms with Gasteiger partial charge in [0.05, 0.1) is 13.2 Å². The number of hydrogen-bond donors (Lipinski definition) is 2. The van der Waals surface area contributed by atoms with E-state index in [9.17, 15) is 14.7 Å². The standard InChI is InChI=1S/C15H17NO5/c1-21-12-5-2-10(3-6-12)4-7-14(18)16-9-11(17)8-13(16)15(19)20/h2-7,11,13,17H,8-9H2,1H3,(H,19,20)/b7-4+. The van der Waals surface area contributed by atoms with Crippen LogP contribution in [0.1, 0.15) is 12.0 Å². The van der Waals surface area contributed by atoms with Crippen LogP contribution in [-0.2, 0) is 9.59 Å². The molecule has 1 heterocycles. The molecule has 2 rings (SSSR count). The van der Waals surface area contributed by atoms with Gasteiger partial charge >= 0.3 is 5.97 Å². The Morgan fingerprint density at radius 2 is 2.00 bits per heavy atom. The van der Waals surface area contributed by atoms with Crippen LogP contribution in [0.15, 0.2) is 30.3 Å². The molecule has 6 heteroatoms. The van der Waals surface area contributed by atoms with Crippen molar-refractivity contribution in [2.45, 2.75) is 18.6 Å². The van der Waals surface area contributed by atoms with E-state index in [2.05, 4.69) is 0 Å². The number of methoxy groups -OCH3 is 1. The van der Waals surface area contributed by atoms with Crippen molar-refractivity contribution in [1.29, 1.82) is 0 Å². The Morgan fingerprint density at radius 3 is 2.57 bits per heavy atom. The third-order valence-electron chi connectivity index (χ3n) is 3.38. The Bertz CT molecular complexity index is 552. The summed E-state index contributed by atoms with van der Waals surface area (Å²) in [5.41, 5.74) is 0.802. The van der Waals surface area contributed by atoms with Gasteiger partial charge in [-0.15, -0.1) is 0 Å². The Morgan fingerprint density at radius 1 is 1.33 bits per heavy atom. The lowest BCUT2D eigenvalue weighted by Crippen LogP contribution is -2.39. The zero-order valence-electron chi connectivity index (χ0n) is 11.6. The fourth-order valence-electron chi connectivity index (χ4n) is 2.27. The molecule has 0 spiro atoms. The molecule has 1 aliphatic rings. The SMILES string of the molecule is COc1ccc(/C=C/C(=O)N2CC(O)CC2C(=O)O)cc1. The molecule has 2 unspecified atom stereocenters. The van der Waals surface area contributed by atoms with E-state index in [-0.39, 0.29) is 13.0 Å². The maximum atomic E-state index is 12.0. The third-order valence-corrected chi connectivity index (χ3v) is 3.38. The normalized spacial score (nSPS) is 21.7. The summed E-state index contributed by atoms with van der Waals surface area (Å²) in [7, 11) is 1.57. The van der Waals surface area contributed by atoms with Crippen molar-refractivity contribution in [1.82, 2.24) is 4.90 Å². The highest BCUT2D eigenvalue weighted by atomic mass is 16.5. The van der Waals surface area contributed by atoms with Crippen molar-refractivity contribution in [3.05, 3.63) is 35.9 Å². The summed E-state index contributed by atoms with van der Waals surface area (Å²) in [6.07, 6.45) is 2.20. The average molecular weight is 291 g/mol. The number of amides is 1. The molecule has 1 aliphatic heterocycles. The first-order valence-corrected chi connectivity index (χ1v) is 6.55. The molecule has 0 saturated carbocycles. The molecule has 0 radical (unpaired) electrons. The number of aliphatic carboxylic acids is 1. The largest absolute Gasteiger partial charge is 0.497 e. The van der Waals surface area contributed by atoms with Crippen LogP contribution < -0.4 is 4.74 Å².